The number of benzene rings is 1. The number of carbonyl (C=O) groups is 1. The van der Waals surface area contributed by atoms with Gasteiger partial charge in [-0.05, 0) is 24.3 Å². The van der Waals surface area contributed by atoms with E-state index in [9.17, 15) is 23.5 Å². The van der Waals surface area contributed by atoms with Crippen molar-refractivity contribution < 1.29 is 96.3 Å². The third kappa shape index (κ3) is 6.92. The number of phosphoric ester groups is 1. The molecule has 1 atom stereocenters. The largest absolute Gasteiger partial charge is 1.00 e. The molecule has 1 amide bonds. The zero-order valence-corrected chi connectivity index (χ0v) is 22.8. The average Bonchev–Trinajstić information content (AvgIpc) is 3.31. The second-order valence-corrected chi connectivity index (χ2v) is 7.73. The number of hydrogen-bond acceptors (Lipinski definition) is 10. The molecule has 1 fully saturated rings. The van der Waals surface area contributed by atoms with Crippen LogP contribution in [0.25, 0.3) is 22.7 Å². The van der Waals surface area contributed by atoms with E-state index >= 15 is 0 Å². The molecule has 0 unspecified atom stereocenters. The van der Waals surface area contributed by atoms with Crippen LogP contribution in [0.5, 0.6) is 0 Å². The van der Waals surface area contributed by atoms with Crippen LogP contribution in [0.2, 0.25) is 0 Å². The first-order chi connectivity index (χ1) is 14.7. The average molecular weight is 494 g/mol. The van der Waals surface area contributed by atoms with Crippen LogP contribution in [0.1, 0.15) is 5.89 Å². The number of carbonyl (C=O) groups excluding carboxylic acids is 1. The third-order valence-electron chi connectivity index (χ3n) is 4.38. The molecule has 15 heteroatoms. The summed E-state index contributed by atoms with van der Waals surface area (Å²) in [5.74, 6) is 0.0277. The van der Waals surface area contributed by atoms with Gasteiger partial charge in [-0.15, -0.1) is 10.2 Å². The summed E-state index contributed by atoms with van der Waals surface area (Å²) in [6, 6.07) is 7.37. The minimum atomic E-state index is -5.19. The van der Waals surface area contributed by atoms with Gasteiger partial charge in [0.2, 0.25) is 5.89 Å². The molecule has 3 aromatic rings. The van der Waals surface area contributed by atoms with Crippen LogP contribution in [-0.4, -0.2) is 40.5 Å². The molecule has 162 valence electrons. The zero-order valence-electron chi connectivity index (χ0n) is 17.9. The van der Waals surface area contributed by atoms with Crippen molar-refractivity contribution >= 4 is 19.6 Å². The summed E-state index contributed by atoms with van der Waals surface area (Å²) in [6.07, 6.45) is -0.334. The van der Waals surface area contributed by atoms with Gasteiger partial charge in [-0.3, -0.25) is 9.88 Å². The summed E-state index contributed by atoms with van der Waals surface area (Å²) in [5, 5.41) is 7.60. The molecule has 0 spiro atoms. The molecule has 0 saturated carbocycles. The SMILES string of the molecule is Cc1nnc(-c2ccc(-c3ccc(N4C[C@H](COP(=O)([O-])[O-])OC4=O)cc3F)cn2)o1.[Na+].[Na+]. The first-order valence-corrected chi connectivity index (χ1v) is 10.4. The quantitative estimate of drug-likeness (QED) is 0.242. The second kappa shape index (κ2) is 11.5. The van der Waals surface area contributed by atoms with Crippen LogP contribution in [0, 0.1) is 12.7 Å². The molecule has 0 N–H and O–H groups in total. The second-order valence-electron chi connectivity index (χ2n) is 6.58. The van der Waals surface area contributed by atoms with E-state index in [4.69, 9.17) is 9.15 Å². The van der Waals surface area contributed by atoms with Crippen molar-refractivity contribution in [3.05, 3.63) is 48.2 Å². The van der Waals surface area contributed by atoms with Crippen LogP contribution in [-0.2, 0) is 13.8 Å². The molecule has 11 nitrogen and oxygen atoms in total. The number of cyclic esters (lactones) is 1. The van der Waals surface area contributed by atoms with Gasteiger partial charge < -0.3 is 28.0 Å². The third-order valence-corrected chi connectivity index (χ3v) is 4.84. The van der Waals surface area contributed by atoms with Crippen LogP contribution < -0.4 is 73.8 Å². The summed E-state index contributed by atoms with van der Waals surface area (Å²) >= 11 is 0. The molecule has 3 heterocycles. The van der Waals surface area contributed by atoms with Crippen molar-refractivity contribution in [1.29, 1.82) is 0 Å². The number of pyridine rings is 1. The van der Waals surface area contributed by atoms with Gasteiger partial charge in [-0.1, -0.05) is 6.07 Å². The molecule has 2 aromatic heterocycles. The number of anilines is 1. The van der Waals surface area contributed by atoms with Gasteiger partial charge in [0.25, 0.3) is 5.89 Å². The molecular weight excluding hydrogens is 480 g/mol. The Kier molecular flexibility index (Phi) is 9.78. The molecule has 1 aliphatic heterocycles. The number of nitrogens with zero attached hydrogens (tertiary/aromatic N) is 4. The van der Waals surface area contributed by atoms with E-state index in [1.807, 2.05) is 0 Å². The van der Waals surface area contributed by atoms with Crippen molar-refractivity contribution in [3.63, 3.8) is 0 Å². The Morgan fingerprint density at radius 3 is 2.58 bits per heavy atom. The number of amides is 1. The van der Waals surface area contributed by atoms with E-state index in [1.54, 1.807) is 19.1 Å². The minimum absolute atomic E-state index is 0. The summed E-state index contributed by atoms with van der Waals surface area (Å²) in [7, 11) is -5.19. The molecule has 33 heavy (non-hydrogen) atoms. The van der Waals surface area contributed by atoms with E-state index < -0.39 is 32.4 Å². The van der Waals surface area contributed by atoms with Gasteiger partial charge in [0.05, 0.1) is 26.7 Å². The maximum Gasteiger partial charge on any atom is 1.00 e. The van der Waals surface area contributed by atoms with Crippen molar-refractivity contribution in [2.24, 2.45) is 0 Å². The zero-order chi connectivity index (χ0) is 22.2. The van der Waals surface area contributed by atoms with Crippen molar-refractivity contribution in [2.45, 2.75) is 13.0 Å². The molecule has 0 aliphatic carbocycles. The number of phosphoric acid groups is 1. The van der Waals surface area contributed by atoms with E-state index in [0.29, 0.717) is 17.1 Å². The smallest absolute Gasteiger partial charge is 0.790 e. The van der Waals surface area contributed by atoms with Gasteiger partial charge in [0, 0.05) is 24.2 Å². The fourth-order valence-electron chi connectivity index (χ4n) is 2.98. The number of hydrogen-bond donors (Lipinski definition) is 0. The number of aromatic nitrogens is 3. The maximum absolute atomic E-state index is 14.8. The Bertz CT molecular complexity index is 1170. The number of aryl methyl sites for hydroxylation is 1. The van der Waals surface area contributed by atoms with E-state index in [-0.39, 0.29) is 82.8 Å². The molecular formula is C18H14FN4Na2O7P. The first-order valence-electron chi connectivity index (χ1n) is 8.91. The summed E-state index contributed by atoms with van der Waals surface area (Å²) in [6.45, 7) is 0.946. The van der Waals surface area contributed by atoms with E-state index in [1.165, 1.54) is 18.3 Å². The summed E-state index contributed by atoms with van der Waals surface area (Å²) < 4.78 is 39.7. The van der Waals surface area contributed by atoms with E-state index in [0.717, 1.165) is 11.0 Å². The van der Waals surface area contributed by atoms with Crippen LogP contribution >= 0.6 is 7.82 Å². The van der Waals surface area contributed by atoms with E-state index in [2.05, 4.69) is 19.7 Å². The van der Waals surface area contributed by atoms with Gasteiger partial charge in [-0.2, -0.15) is 0 Å². The van der Waals surface area contributed by atoms with Gasteiger partial charge in [0.1, 0.15) is 17.6 Å². The normalized spacial score (nSPS) is 15.6. The van der Waals surface area contributed by atoms with Gasteiger partial charge >= 0.3 is 65.2 Å². The Hall–Kier alpha value is -1.18. The Morgan fingerprint density at radius 1 is 1.24 bits per heavy atom. The summed E-state index contributed by atoms with van der Waals surface area (Å²) in [5.41, 5.74) is 1.37. The van der Waals surface area contributed by atoms with Crippen LogP contribution in [0.15, 0.2) is 40.9 Å². The van der Waals surface area contributed by atoms with Gasteiger partial charge in [-0.25, -0.2) is 9.18 Å². The molecule has 0 radical (unpaired) electrons. The standard InChI is InChI=1S/C18H16FN4O7P.2Na/c1-10-21-22-17(29-10)16-5-2-11(7-20-16)14-4-3-12(6-15(14)19)23-8-13(30-18(23)24)9-28-31(25,26)27;;/h2-7,13H,8-9H2,1H3,(H2,25,26,27);;/q;2*+1/p-2/t13-;;/m1../s1. The predicted molar refractivity (Wildman–Crippen MR) is 98.8 cm³/mol. The van der Waals surface area contributed by atoms with Crippen molar-refractivity contribution in [2.75, 3.05) is 18.1 Å². The summed E-state index contributed by atoms with van der Waals surface area (Å²) in [4.78, 5) is 38.5. The molecule has 1 saturated heterocycles. The topological polar surface area (TPSA) is 154 Å². The van der Waals surface area contributed by atoms with Crippen LogP contribution in [0.4, 0.5) is 14.9 Å². The monoisotopic (exact) mass is 494 g/mol. The maximum atomic E-state index is 14.8. The fraction of sp³-hybridized carbons (Fsp3) is 0.222. The Labute approximate surface area is 231 Å². The Morgan fingerprint density at radius 2 is 2.00 bits per heavy atom. The molecule has 1 aromatic carbocycles. The molecule has 1 aliphatic rings. The number of ether oxygens (including phenoxy) is 1. The fourth-order valence-corrected chi connectivity index (χ4v) is 3.33. The Balaban J connectivity index is 0.00000193. The van der Waals surface area contributed by atoms with Crippen molar-refractivity contribution in [1.82, 2.24) is 15.2 Å². The predicted octanol–water partition coefficient (Wildman–Crippen LogP) is -4.58. The molecule has 0 bridgehead atoms. The first kappa shape index (κ1) is 28.1. The molecule has 4 rings (SSSR count). The number of halogens is 1. The van der Waals surface area contributed by atoms with Gasteiger partial charge in [0.15, 0.2) is 0 Å². The minimum Gasteiger partial charge on any atom is -0.790 e. The van der Waals surface area contributed by atoms with Crippen LogP contribution in [0.3, 0.4) is 0 Å². The number of rotatable bonds is 6. The van der Waals surface area contributed by atoms with Crippen molar-refractivity contribution in [3.8, 4) is 22.7 Å².